The van der Waals surface area contributed by atoms with Gasteiger partial charge in [0.1, 0.15) is 11.9 Å². The van der Waals surface area contributed by atoms with Crippen LogP contribution in [0.2, 0.25) is 0 Å². The first-order chi connectivity index (χ1) is 15.0. The lowest BCUT2D eigenvalue weighted by Gasteiger charge is -2.19. The number of carboxylic acids is 1. The van der Waals surface area contributed by atoms with Crippen molar-refractivity contribution in [3.05, 3.63) is 65.5 Å². The third-order valence-corrected chi connectivity index (χ3v) is 4.79. The van der Waals surface area contributed by atoms with Crippen molar-refractivity contribution in [1.29, 1.82) is 0 Å². The molecule has 1 atom stereocenters. The van der Waals surface area contributed by atoms with E-state index in [4.69, 9.17) is 18.6 Å². The van der Waals surface area contributed by atoms with Crippen molar-refractivity contribution in [3.8, 4) is 23.0 Å². The standard InChI is InChI=1S/C24H27NO6/c1-4-29-22(24(26)27)15-17-10-11-20(21(14-17)28-3)30-13-12-19-16(2)31-23(25-19)18-8-6-5-7-9-18/h5-11,14,22H,4,12-13,15H2,1-3H3,(H,26,27)/p-1. The first-order valence-electron chi connectivity index (χ1n) is 10.2. The minimum Gasteiger partial charge on any atom is -0.547 e. The van der Waals surface area contributed by atoms with E-state index in [2.05, 4.69) is 4.98 Å². The van der Waals surface area contributed by atoms with Crippen molar-refractivity contribution in [3.63, 3.8) is 0 Å². The molecule has 0 saturated carbocycles. The Bertz CT molecular complexity index is 999. The number of oxazole rings is 1. The number of carboxylic acid groups (broad SMARTS) is 1. The molecule has 0 radical (unpaired) electrons. The molecule has 31 heavy (non-hydrogen) atoms. The summed E-state index contributed by atoms with van der Waals surface area (Å²) < 4.78 is 22.3. The van der Waals surface area contributed by atoms with E-state index in [9.17, 15) is 9.90 Å². The average molecular weight is 424 g/mol. The Morgan fingerprint density at radius 3 is 2.61 bits per heavy atom. The van der Waals surface area contributed by atoms with Crippen molar-refractivity contribution in [2.24, 2.45) is 0 Å². The average Bonchev–Trinajstić information content (AvgIpc) is 3.15. The number of carbonyl (C=O) groups is 1. The molecule has 1 heterocycles. The Labute approximate surface area is 181 Å². The fourth-order valence-electron chi connectivity index (χ4n) is 3.21. The number of aliphatic carboxylic acids is 1. The number of aryl methyl sites for hydroxylation is 1. The molecule has 0 aliphatic heterocycles. The molecule has 164 valence electrons. The van der Waals surface area contributed by atoms with Crippen LogP contribution in [0.5, 0.6) is 11.5 Å². The van der Waals surface area contributed by atoms with Gasteiger partial charge in [0, 0.05) is 25.0 Å². The van der Waals surface area contributed by atoms with Crippen LogP contribution in [0.1, 0.15) is 23.9 Å². The van der Waals surface area contributed by atoms with Gasteiger partial charge in [0.25, 0.3) is 0 Å². The lowest BCUT2D eigenvalue weighted by molar-refractivity contribution is -0.316. The molecule has 0 N–H and O–H groups in total. The molecule has 0 saturated heterocycles. The molecule has 0 bridgehead atoms. The number of benzene rings is 2. The summed E-state index contributed by atoms with van der Waals surface area (Å²) in [7, 11) is 1.54. The fourth-order valence-corrected chi connectivity index (χ4v) is 3.21. The highest BCUT2D eigenvalue weighted by molar-refractivity contribution is 5.70. The third kappa shape index (κ3) is 5.86. The number of hydrogen-bond acceptors (Lipinski definition) is 7. The predicted octanol–water partition coefficient (Wildman–Crippen LogP) is 2.98. The Morgan fingerprint density at radius 1 is 1.16 bits per heavy atom. The number of carbonyl (C=O) groups excluding carboxylic acids is 1. The summed E-state index contributed by atoms with van der Waals surface area (Å²) in [4.78, 5) is 15.8. The summed E-state index contributed by atoms with van der Waals surface area (Å²) in [6.07, 6.45) is -0.243. The Morgan fingerprint density at radius 2 is 1.94 bits per heavy atom. The molecule has 0 fully saturated rings. The molecule has 0 aliphatic rings. The second kappa shape index (κ2) is 10.6. The molecule has 3 rings (SSSR count). The summed E-state index contributed by atoms with van der Waals surface area (Å²) in [5.41, 5.74) is 2.52. The molecule has 0 amide bonds. The van der Waals surface area contributed by atoms with Crippen molar-refractivity contribution in [1.82, 2.24) is 4.98 Å². The zero-order valence-corrected chi connectivity index (χ0v) is 17.9. The molecule has 0 spiro atoms. The van der Waals surface area contributed by atoms with Gasteiger partial charge in [0.15, 0.2) is 11.5 Å². The molecule has 3 aromatic rings. The number of ether oxygens (including phenoxy) is 3. The van der Waals surface area contributed by atoms with Gasteiger partial charge in [0.2, 0.25) is 5.89 Å². The fraction of sp³-hybridized carbons (Fsp3) is 0.333. The normalized spacial score (nSPS) is 11.8. The van der Waals surface area contributed by atoms with Gasteiger partial charge in [-0.15, -0.1) is 0 Å². The summed E-state index contributed by atoms with van der Waals surface area (Å²) in [6.45, 7) is 4.31. The van der Waals surface area contributed by atoms with Crippen LogP contribution in [0.15, 0.2) is 52.9 Å². The number of nitrogens with zero attached hydrogens (tertiary/aromatic N) is 1. The second-order valence-electron chi connectivity index (χ2n) is 6.94. The predicted molar refractivity (Wildman–Crippen MR) is 113 cm³/mol. The van der Waals surface area contributed by atoms with Gasteiger partial charge in [-0.2, -0.15) is 0 Å². The van der Waals surface area contributed by atoms with E-state index < -0.39 is 12.1 Å². The highest BCUT2D eigenvalue weighted by atomic mass is 16.5. The van der Waals surface area contributed by atoms with Crippen molar-refractivity contribution in [2.75, 3.05) is 20.3 Å². The van der Waals surface area contributed by atoms with Gasteiger partial charge in [-0.3, -0.25) is 0 Å². The van der Waals surface area contributed by atoms with E-state index in [1.54, 1.807) is 32.2 Å². The second-order valence-corrected chi connectivity index (χ2v) is 6.94. The van der Waals surface area contributed by atoms with Gasteiger partial charge in [-0.05, 0) is 43.7 Å². The maximum Gasteiger partial charge on any atom is 0.226 e. The van der Waals surface area contributed by atoms with Crippen LogP contribution in [-0.2, 0) is 22.4 Å². The van der Waals surface area contributed by atoms with Gasteiger partial charge in [-0.1, -0.05) is 24.3 Å². The van der Waals surface area contributed by atoms with Gasteiger partial charge in [0.05, 0.1) is 25.4 Å². The lowest BCUT2D eigenvalue weighted by atomic mass is 10.1. The summed E-state index contributed by atoms with van der Waals surface area (Å²) >= 11 is 0. The molecule has 7 nitrogen and oxygen atoms in total. The number of rotatable bonds is 11. The van der Waals surface area contributed by atoms with E-state index >= 15 is 0 Å². The molecule has 2 aromatic carbocycles. The summed E-state index contributed by atoms with van der Waals surface area (Å²) in [5.74, 6) is 1.20. The van der Waals surface area contributed by atoms with Crippen LogP contribution in [0.3, 0.4) is 0 Å². The number of hydrogen-bond donors (Lipinski definition) is 0. The van der Waals surface area contributed by atoms with Gasteiger partial charge >= 0.3 is 0 Å². The smallest absolute Gasteiger partial charge is 0.226 e. The highest BCUT2D eigenvalue weighted by Crippen LogP contribution is 2.29. The third-order valence-electron chi connectivity index (χ3n) is 4.79. The zero-order valence-electron chi connectivity index (χ0n) is 17.9. The van der Waals surface area contributed by atoms with E-state index in [1.807, 2.05) is 37.3 Å². The maximum absolute atomic E-state index is 11.2. The Kier molecular flexibility index (Phi) is 7.67. The van der Waals surface area contributed by atoms with Gasteiger partial charge < -0.3 is 28.5 Å². The molecule has 1 unspecified atom stereocenters. The monoisotopic (exact) mass is 424 g/mol. The first-order valence-corrected chi connectivity index (χ1v) is 10.2. The molecule has 7 heteroatoms. The van der Waals surface area contributed by atoms with Gasteiger partial charge in [-0.25, -0.2) is 4.98 Å². The minimum atomic E-state index is -1.24. The van der Waals surface area contributed by atoms with Crippen LogP contribution in [0, 0.1) is 6.92 Å². The summed E-state index contributed by atoms with van der Waals surface area (Å²) in [5, 5.41) is 11.2. The highest BCUT2D eigenvalue weighted by Gasteiger charge is 2.15. The van der Waals surface area contributed by atoms with Crippen LogP contribution < -0.4 is 14.6 Å². The molecular weight excluding hydrogens is 398 g/mol. The summed E-state index contributed by atoms with van der Waals surface area (Å²) in [6, 6.07) is 15.0. The lowest BCUT2D eigenvalue weighted by Crippen LogP contribution is -2.39. The largest absolute Gasteiger partial charge is 0.547 e. The quantitative estimate of drug-likeness (QED) is 0.467. The minimum absolute atomic E-state index is 0.188. The number of aromatic nitrogens is 1. The Balaban J connectivity index is 1.63. The van der Waals surface area contributed by atoms with E-state index in [-0.39, 0.29) is 6.42 Å². The Hall–Kier alpha value is -3.32. The van der Waals surface area contributed by atoms with Crippen molar-refractivity contribution < 1.29 is 28.5 Å². The van der Waals surface area contributed by atoms with Crippen LogP contribution in [-0.4, -0.2) is 37.4 Å². The molecule has 0 aliphatic carbocycles. The number of methoxy groups -OCH3 is 1. The zero-order chi connectivity index (χ0) is 22.2. The van der Waals surface area contributed by atoms with Crippen molar-refractivity contribution >= 4 is 5.97 Å². The molecule has 1 aromatic heterocycles. The maximum atomic E-state index is 11.2. The molecular formula is C24H26NO6-. The topological polar surface area (TPSA) is 93.8 Å². The van der Waals surface area contributed by atoms with Crippen LogP contribution in [0.25, 0.3) is 11.5 Å². The van der Waals surface area contributed by atoms with E-state index in [1.165, 1.54) is 0 Å². The van der Waals surface area contributed by atoms with E-state index in [0.29, 0.717) is 37.0 Å². The SMILES string of the molecule is CCOC(Cc1ccc(OCCc2nc(-c3ccccc3)oc2C)c(OC)c1)C(=O)[O-]. The van der Waals surface area contributed by atoms with E-state index in [0.717, 1.165) is 22.6 Å². The van der Waals surface area contributed by atoms with Crippen LogP contribution in [0.4, 0.5) is 0 Å². The van der Waals surface area contributed by atoms with Crippen LogP contribution >= 0.6 is 0 Å². The first kappa shape index (κ1) is 22.4. The van der Waals surface area contributed by atoms with Crippen molar-refractivity contribution in [2.45, 2.75) is 32.8 Å².